The predicted molar refractivity (Wildman–Crippen MR) is 91.1 cm³/mol. The van der Waals surface area contributed by atoms with Gasteiger partial charge in [-0.15, -0.1) is 0 Å². The molecular formula is C17H13ClF3N3O2. The monoisotopic (exact) mass is 383 g/mol. The van der Waals surface area contributed by atoms with E-state index in [0.717, 1.165) is 12.1 Å². The van der Waals surface area contributed by atoms with Gasteiger partial charge < -0.3 is 16.0 Å². The zero-order chi connectivity index (χ0) is 18.9. The van der Waals surface area contributed by atoms with Crippen LogP contribution in [0.5, 0.6) is 0 Å². The van der Waals surface area contributed by atoms with Crippen molar-refractivity contribution in [3.8, 4) is 0 Å². The highest BCUT2D eigenvalue weighted by Gasteiger charge is 2.30. The second-order valence-corrected chi connectivity index (χ2v) is 6.08. The standard InChI is InChI=1S/C17H13ClF3N3O2/c18-12-6-10(17(19,20)21)5-4-9(12)8-22-16(26)24-14-3-1-2-13-11(14)7-15(25)23-13/h1-6H,7-8H2,(H,23,25)(H2,22,24,26). The van der Waals surface area contributed by atoms with Gasteiger partial charge in [-0.25, -0.2) is 4.79 Å². The van der Waals surface area contributed by atoms with Crippen molar-refractivity contribution in [2.24, 2.45) is 0 Å². The molecule has 3 N–H and O–H groups in total. The number of carbonyl (C=O) groups excluding carboxylic acids is 2. The summed E-state index contributed by atoms with van der Waals surface area (Å²) in [4.78, 5) is 23.5. The van der Waals surface area contributed by atoms with E-state index in [1.165, 1.54) is 6.07 Å². The molecule has 0 aliphatic carbocycles. The molecule has 1 aliphatic heterocycles. The fraction of sp³-hybridized carbons (Fsp3) is 0.176. The molecular weight excluding hydrogens is 371 g/mol. The molecule has 0 bridgehead atoms. The van der Waals surface area contributed by atoms with Crippen LogP contribution >= 0.6 is 11.6 Å². The van der Waals surface area contributed by atoms with E-state index < -0.39 is 17.8 Å². The summed E-state index contributed by atoms with van der Waals surface area (Å²) in [6.07, 6.45) is -4.32. The second-order valence-electron chi connectivity index (χ2n) is 5.67. The van der Waals surface area contributed by atoms with Crippen LogP contribution in [0.1, 0.15) is 16.7 Å². The topological polar surface area (TPSA) is 70.2 Å². The van der Waals surface area contributed by atoms with E-state index in [4.69, 9.17) is 11.6 Å². The normalized spacial score (nSPS) is 13.2. The van der Waals surface area contributed by atoms with Crippen LogP contribution in [0.4, 0.5) is 29.3 Å². The van der Waals surface area contributed by atoms with E-state index in [1.54, 1.807) is 18.2 Å². The summed E-state index contributed by atoms with van der Waals surface area (Å²) in [6, 6.07) is 7.45. The van der Waals surface area contributed by atoms with Gasteiger partial charge in [0.15, 0.2) is 0 Å². The first kappa shape index (κ1) is 18.1. The third-order valence-corrected chi connectivity index (χ3v) is 4.21. The van der Waals surface area contributed by atoms with Gasteiger partial charge in [-0.3, -0.25) is 4.79 Å². The summed E-state index contributed by atoms with van der Waals surface area (Å²) in [5, 5.41) is 7.74. The second kappa shape index (κ2) is 6.87. The minimum absolute atomic E-state index is 0.0466. The average Bonchev–Trinajstić information content (AvgIpc) is 2.94. The van der Waals surface area contributed by atoms with Crippen LogP contribution in [0, 0.1) is 0 Å². The largest absolute Gasteiger partial charge is 0.416 e. The van der Waals surface area contributed by atoms with Gasteiger partial charge in [-0.05, 0) is 29.8 Å². The van der Waals surface area contributed by atoms with Crippen molar-refractivity contribution in [3.05, 3.63) is 58.1 Å². The SMILES string of the molecule is O=C1Cc2c(cccc2NC(=O)NCc2ccc(C(F)(F)F)cc2Cl)N1. The van der Waals surface area contributed by atoms with Gasteiger partial charge in [0, 0.05) is 28.5 Å². The van der Waals surface area contributed by atoms with Crippen LogP contribution in [0.2, 0.25) is 5.02 Å². The van der Waals surface area contributed by atoms with Crippen molar-refractivity contribution >= 4 is 34.9 Å². The molecule has 136 valence electrons. The molecule has 0 unspecified atom stereocenters. The first-order valence-corrected chi connectivity index (χ1v) is 7.94. The lowest BCUT2D eigenvalue weighted by molar-refractivity contribution is -0.137. The fourth-order valence-electron chi connectivity index (χ4n) is 2.58. The minimum atomic E-state index is -4.48. The van der Waals surface area contributed by atoms with E-state index >= 15 is 0 Å². The molecule has 2 aromatic rings. The Bertz CT molecular complexity index is 884. The maximum atomic E-state index is 12.6. The average molecular weight is 384 g/mol. The summed E-state index contributed by atoms with van der Waals surface area (Å²) >= 11 is 5.85. The molecule has 0 saturated carbocycles. The van der Waals surface area contributed by atoms with Crippen molar-refractivity contribution in [2.75, 3.05) is 10.6 Å². The van der Waals surface area contributed by atoms with Crippen molar-refractivity contribution in [1.82, 2.24) is 5.32 Å². The summed E-state index contributed by atoms with van der Waals surface area (Å²) in [7, 11) is 0. The molecule has 5 nitrogen and oxygen atoms in total. The Hall–Kier alpha value is -2.74. The number of nitrogens with one attached hydrogen (secondary N) is 3. The number of benzene rings is 2. The maximum absolute atomic E-state index is 12.6. The van der Waals surface area contributed by atoms with Crippen LogP contribution < -0.4 is 16.0 Å². The van der Waals surface area contributed by atoms with Gasteiger partial charge in [0.2, 0.25) is 5.91 Å². The molecule has 3 rings (SSSR count). The Morgan fingerprint density at radius 2 is 2.00 bits per heavy atom. The molecule has 0 aromatic heterocycles. The molecule has 0 atom stereocenters. The van der Waals surface area contributed by atoms with Crippen LogP contribution in [-0.2, 0) is 23.9 Å². The number of hydrogen-bond acceptors (Lipinski definition) is 2. The van der Waals surface area contributed by atoms with Gasteiger partial charge in [0.1, 0.15) is 0 Å². The summed E-state index contributed by atoms with van der Waals surface area (Å²) in [6.45, 7) is -0.0466. The van der Waals surface area contributed by atoms with E-state index in [1.807, 2.05) is 0 Å². The number of alkyl halides is 3. The van der Waals surface area contributed by atoms with E-state index in [0.29, 0.717) is 22.5 Å². The Balaban J connectivity index is 1.64. The van der Waals surface area contributed by atoms with Crippen molar-refractivity contribution in [1.29, 1.82) is 0 Å². The minimum Gasteiger partial charge on any atom is -0.334 e. The number of rotatable bonds is 3. The van der Waals surface area contributed by atoms with Crippen molar-refractivity contribution in [2.45, 2.75) is 19.1 Å². The molecule has 0 spiro atoms. The molecule has 26 heavy (non-hydrogen) atoms. The maximum Gasteiger partial charge on any atom is 0.416 e. The molecule has 3 amide bonds. The lowest BCUT2D eigenvalue weighted by atomic mass is 10.1. The third-order valence-electron chi connectivity index (χ3n) is 3.86. The number of urea groups is 1. The molecule has 0 radical (unpaired) electrons. The van der Waals surface area contributed by atoms with Crippen LogP contribution in [0.3, 0.4) is 0 Å². The summed E-state index contributed by atoms with van der Waals surface area (Å²) < 4.78 is 37.9. The van der Waals surface area contributed by atoms with E-state index in [2.05, 4.69) is 16.0 Å². The number of fused-ring (bicyclic) bond motifs is 1. The molecule has 9 heteroatoms. The van der Waals surface area contributed by atoms with E-state index in [9.17, 15) is 22.8 Å². The zero-order valence-electron chi connectivity index (χ0n) is 13.2. The number of carbonyl (C=O) groups is 2. The summed E-state index contributed by atoms with van der Waals surface area (Å²) in [5.74, 6) is -0.161. The van der Waals surface area contributed by atoms with Crippen LogP contribution in [0.15, 0.2) is 36.4 Å². The third kappa shape index (κ3) is 3.91. The lowest BCUT2D eigenvalue weighted by Gasteiger charge is -2.12. The number of halogens is 4. The molecule has 0 fully saturated rings. The molecule has 1 heterocycles. The molecule has 1 aliphatic rings. The van der Waals surface area contributed by atoms with Gasteiger partial charge in [-0.1, -0.05) is 23.7 Å². The smallest absolute Gasteiger partial charge is 0.334 e. The van der Waals surface area contributed by atoms with Gasteiger partial charge in [0.25, 0.3) is 0 Å². The number of amides is 3. The zero-order valence-corrected chi connectivity index (χ0v) is 14.0. The fourth-order valence-corrected chi connectivity index (χ4v) is 2.82. The Morgan fingerprint density at radius 1 is 1.23 bits per heavy atom. The number of hydrogen-bond donors (Lipinski definition) is 3. The highest BCUT2D eigenvalue weighted by molar-refractivity contribution is 6.31. The quantitative estimate of drug-likeness (QED) is 0.744. The van der Waals surface area contributed by atoms with Crippen LogP contribution in [-0.4, -0.2) is 11.9 Å². The van der Waals surface area contributed by atoms with Gasteiger partial charge in [-0.2, -0.15) is 13.2 Å². The Kier molecular flexibility index (Phi) is 4.78. The van der Waals surface area contributed by atoms with E-state index in [-0.39, 0.29) is 23.9 Å². The highest BCUT2D eigenvalue weighted by atomic mass is 35.5. The predicted octanol–water partition coefficient (Wildman–Crippen LogP) is 4.18. The number of anilines is 2. The Morgan fingerprint density at radius 3 is 2.69 bits per heavy atom. The highest BCUT2D eigenvalue weighted by Crippen LogP contribution is 2.32. The Labute approximate surface area is 151 Å². The van der Waals surface area contributed by atoms with Crippen molar-refractivity contribution in [3.63, 3.8) is 0 Å². The first-order valence-electron chi connectivity index (χ1n) is 7.56. The van der Waals surface area contributed by atoms with Gasteiger partial charge >= 0.3 is 12.2 Å². The van der Waals surface area contributed by atoms with Crippen LogP contribution in [0.25, 0.3) is 0 Å². The lowest BCUT2D eigenvalue weighted by Crippen LogP contribution is -2.28. The molecule has 0 saturated heterocycles. The first-order chi connectivity index (χ1) is 12.2. The van der Waals surface area contributed by atoms with Gasteiger partial charge in [0.05, 0.1) is 12.0 Å². The summed E-state index contributed by atoms with van der Waals surface area (Å²) in [5.41, 5.74) is 1.30. The molecule has 2 aromatic carbocycles. The van der Waals surface area contributed by atoms with Crippen molar-refractivity contribution < 1.29 is 22.8 Å².